The van der Waals surface area contributed by atoms with E-state index in [4.69, 9.17) is 11.6 Å². The van der Waals surface area contributed by atoms with Crippen LogP contribution in [0.4, 0.5) is 11.4 Å². The second-order valence-electron chi connectivity index (χ2n) is 7.50. The van der Waals surface area contributed by atoms with E-state index < -0.39 is 0 Å². The first-order chi connectivity index (χ1) is 13.3. The Labute approximate surface area is 182 Å². The molecule has 0 spiro atoms. The molecular weight excluding hydrogens is 432 g/mol. The summed E-state index contributed by atoms with van der Waals surface area (Å²) in [6, 6.07) is 12.8. The number of rotatable bonds is 6. The van der Waals surface area contributed by atoms with Crippen molar-refractivity contribution in [1.29, 1.82) is 0 Å². The van der Waals surface area contributed by atoms with Crippen molar-refractivity contribution in [3.05, 3.63) is 63.1 Å². The molecule has 0 N–H and O–H groups in total. The SMILES string of the molecule is CCN(CC)c1ccc(/C=C/C2=[N+](C)c3ccc(Cl)cc3C2(C)CC)c(Br)c1. The van der Waals surface area contributed by atoms with E-state index in [0.29, 0.717) is 0 Å². The first-order valence-corrected chi connectivity index (χ1v) is 11.2. The van der Waals surface area contributed by atoms with Crippen molar-refractivity contribution in [3.8, 4) is 0 Å². The van der Waals surface area contributed by atoms with Gasteiger partial charge >= 0.3 is 0 Å². The fourth-order valence-corrected chi connectivity index (χ4v) is 4.82. The Hall–Kier alpha value is -1.58. The molecule has 0 aromatic heterocycles. The quantitative estimate of drug-likeness (QED) is 0.418. The van der Waals surface area contributed by atoms with E-state index in [2.05, 4.69) is 103 Å². The van der Waals surface area contributed by atoms with Crippen LogP contribution in [-0.2, 0) is 5.41 Å². The maximum absolute atomic E-state index is 6.31. The number of hydrogen-bond donors (Lipinski definition) is 0. The third kappa shape index (κ3) is 3.67. The van der Waals surface area contributed by atoms with Crippen LogP contribution >= 0.6 is 27.5 Å². The Morgan fingerprint density at radius 2 is 1.79 bits per heavy atom. The van der Waals surface area contributed by atoms with Gasteiger partial charge in [0.05, 0.1) is 5.41 Å². The van der Waals surface area contributed by atoms with Gasteiger partial charge in [-0.05, 0) is 63.1 Å². The summed E-state index contributed by atoms with van der Waals surface area (Å²) >= 11 is 10.1. The van der Waals surface area contributed by atoms with Crippen LogP contribution in [0.1, 0.15) is 45.2 Å². The normalized spacial score (nSPS) is 18.8. The summed E-state index contributed by atoms with van der Waals surface area (Å²) in [6.07, 6.45) is 5.49. The highest BCUT2D eigenvalue weighted by molar-refractivity contribution is 9.10. The minimum atomic E-state index is -0.0425. The highest BCUT2D eigenvalue weighted by Gasteiger charge is 2.45. The van der Waals surface area contributed by atoms with E-state index in [1.54, 1.807) is 0 Å². The van der Waals surface area contributed by atoms with Gasteiger partial charge < -0.3 is 4.90 Å². The number of halogens is 2. The Balaban J connectivity index is 1.97. The van der Waals surface area contributed by atoms with Crippen LogP contribution in [0.5, 0.6) is 0 Å². The molecule has 0 saturated carbocycles. The number of allylic oxidation sites excluding steroid dienone is 1. The molecule has 0 aliphatic carbocycles. The lowest BCUT2D eigenvalue weighted by atomic mass is 9.77. The monoisotopic (exact) mass is 459 g/mol. The zero-order valence-corrected chi connectivity index (χ0v) is 19.7. The molecule has 1 unspecified atom stereocenters. The average molecular weight is 461 g/mol. The van der Waals surface area contributed by atoms with Gasteiger partial charge in [0.2, 0.25) is 5.69 Å². The number of anilines is 1. The van der Waals surface area contributed by atoms with Crippen LogP contribution in [0.15, 0.2) is 46.9 Å². The van der Waals surface area contributed by atoms with Gasteiger partial charge in [0.25, 0.3) is 0 Å². The van der Waals surface area contributed by atoms with E-state index in [0.717, 1.165) is 29.0 Å². The molecule has 0 bridgehead atoms. The van der Waals surface area contributed by atoms with Gasteiger partial charge in [0, 0.05) is 46.0 Å². The number of fused-ring (bicyclic) bond motifs is 1. The molecule has 1 heterocycles. The minimum absolute atomic E-state index is 0.0425. The van der Waals surface area contributed by atoms with Crippen molar-refractivity contribution >= 4 is 50.7 Å². The molecule has 28 heavy (non-hydrogen) atoms. The summed E-state index contributed by atoms with van der Waals surface area (Å²) in [5.41, 5.74) is 6.24. The van der Waals surface area contributed by atoms with Crippen molar-refractivity contribution < 1.29 is 4.58 Å². The summed E-state index contributed by atoms with van der Waals surface area (Å²) in [7, 11) is 2.14. The van der Waals surface area contributed by atoms with E-state index >= 15 is 0 Å². The highest BCUT2D eigenvalue weighted by atomic mass is 79.9. The molecule has 1 aliphatic heterocycles. The Morgan fingerprint density at radius 1 is 1.07 bits per heavy atom. The smallest absolute Gasteiger partial charge is 0.209 e. The zero-order valence-electron chi connectivity index (χ0n) is 17.4. The van der Waals surface area contributed by atoms with Gasteiger partial charge in [0.1, 0.15) is 7.05 Å². The third-order valence-corrected chi connectivity index (χ3v) is 7.00. The molecule has 1 aliphatic rings. The highest BCUT2D eigenvalue weighted by Crippen LogP contribution is 2.43. The van der Waals surface area contributed by atoms with Gasteiger partial charge in [0.15, 0.2) is 5.71 Å². The average Bonchev–Trinajstić information content (AvgIpc) is 2.89. The third-order valence-electron chi connectivity index (χ3n) is 6.08. The molecule has 2 aromatic carbocycles. The second kappa shape index (κ2) is 8.42. The van der Waals surface area contributed by atoms with E-state index in [-0.39, 0.29) is 5.41 Å². The number of benzene rings is 2. The lowest BCUT2D eigenvalue weighted by molar-refractivity contribution is -0.401. The summed E-state index contributed by atoms with van der Waals surface area (Å²) in [5.74, 6) is 0. The molecule has 0 radical (unpaired) electrons. The topological polar surface area (TPSA) is 6.25 Å². The zero-order chi connectivity index (χ0) is 20.5. The van der Waals surface area contributed by atoms with E-state index in [1.165, 1.54) is 28.2 Å². The lowest BCUT2D eigenvalue weighted by Crippen LogP contribution is -2.29. The molecule has 2 nitrogen and oxygen atoms in total. The van der Waals surface area contributed by atoms with Crippen molar-refractivity contribution in [2.24, 2.45) is 0 Å². The van der Waals surface area contributed by atoms with Crippen LogP contribution in [0, 0.1) is 0 Å². The second-order valence-corrected chi connectivity index (χ2v) is 8.79. The molecule has 4 heteroatoms. The summed E-state index contributed by atoms with van der Waals surface area (Å²) in [4.78, 5) is 2.35. The molecule has 0 amide bonds. The Bertz CT molecular complexity index is 944. The Kier molecular flexibility index (Phi) is 6.36. The van der Waals surface area contributed by atoms with Crippen LogP contribution in [-0.4, -0.2) is 30.4 Å². The van der Waals surface area contributed by atoms with Crippen LogP contribution in [0.25, 0.3) is 6.08 Å². The van der Waals surface area contributed by atoms with E-state index in [1.807, 2.05) is 6.07 Å². The molecule has 3 rings (SSSR count). The fourth-order valence-electron chi connectivity index (χ4n) is 4.15. The first-order valence-electron chi connectivity index (χ1n) is 9.99. The van der Waals surface area contributed by atoms with Crippen LogP contribution in [0.3, 0.4) is 0 Å². The number of nitrogens with zero attached hydrogens (tertiary/aromatic N) is 2. The standard InChI is InChI=1S/C24H29BrClN2/c1-6-24(4)20-15-18(26)11-13-22(20)27(5)23(24)14-10-17-9-12-19(16-21(17)25)28(7-2)8-3/h9-16H,6-8H2,1-5H3/q+1. The van der Waals surface area contributed by atoms with Crippen LogP contribution in [0.2, 0.25) is 5.02 Å². The van der Waals surface area contributed by atoms with E-state index in [9.17, 15) is 0 Å². The molecule has 0 saturated heterocycles. The fraction of sp³-hybridized carbons (Fsp3) is 0.375. The molecule has 2 aromatic rings. The summed E-state index contributed by atoms with van der Waals surface area (Å²) in [6.45, 7) is 10.9. The van der Waals surface area contributed by atoms with Gasteiger partial charge in [-0.3, -0.25) is 0 Å². The lowest BCUT2D eigenvalue weighted by Gasteiger charge is -2.21. The maximum atomic E-state index is 6.31. The van der Waals surface area contributed by atoms with Gasteiger partial charge in [-0.1, -0.05) is 40.5 Å². The van der Waals surface area contributed by atoms with Gasteiger partial charge in [-0.2, -0.15) is 4.58 Å². The van der Waals surface area contributed by atoms with Crippen molar-refractivity contribution in [2.45, 2.75) is 39.5 Å². The predicted octanol–water partition coefficient (Wildman–Crippen LogP) is 7.06. The van der Waals surface area contributed by atoms with Crippen LogP contribution < -0.4 is 4.90 Å². The Morgan fingerprint density at radius 3 is 2.39 bits per heavy atom. The predicted molar refractivity (Wildman–Crippen MR) is 127 cm³/mol. The molecule has 0 fully saturated rings. The largest absolute Gasteiger partial charge is 0.372 e. The summed E-state index contributed by atoms with van der Waals surface area (Å²) in [5, 5.41) is 0.798. The molecular formula is C24H29BrClN2+. The maximum Gasteiger partial charge on any atom is 0.209 e. The first kappa shape index (κ1) is 21.1. The summed E-state index contributed by atoms with van der Waals surface area (Å²) < 4.78 is 3.41. The van der Waals surface area contributed by atoms with Crippen molar-refractivity contribution in [3.63, 3.8) is 0 Å². The van der Waals surface area contributed by atoms with Crippen molar-refractivity contribution in [1.82, 2.24) is 0 Å². The molecule has 1 atom stereocenters. The molecule has 148 valence electrons. The number of hydrogen-bond acceptors (Lipinski definition) is 1. The van der Waals surface area contributed by atoms with Gasteiger partial charge in [-0.15, -0.1) is 0 Å². The van der Waals surface area contributed by atoms with Gasteiger partial charge in [-0.25, -0.2) is 0 Å². The minimum Gasteiger partial charge on any atom is -0.372 e. The van der Waals surface area contributed by atoms with Crippen molar-refractivity contribution in [2.75, 3.05) is 25.0 Å².